The predicted molar refractivity (Wildman–Crippen MR) is 134 cm³/mol. The van der Waals surface area contributed by atoms with Crippen LogP contribution < -0.4 is 5.32 Å². The molecule has 0 radical (unpaired) electrons. The fraction of sp³-hybridized carbons (Fsp3) is 0.0800. The van der Waals surface area contributed by atoms with E-state index in [1.54, 1.807) is 37.8 Å². The Morgan fingerprint density at radius 1 is 1.03 bits per heavy atom. The minimum atomic E-state index is -0.231. The van der Waals surface area contributed by atoms with Crippen LogP contribution in [0.15, 0.2) is 61.2 Å². The molecule has 0 aliphatic heterocycles. The zero-order valence-corrected chi connectivity index (χ0v) is 19.3. The quantitative estimate of drug-likeness (QED) is 0.288. The molecule has 6 aromatic heterocycles. The summed E-state index contributed by atoms with van der Waals surface area (Å²) in [5.41, 5.74) is 5.98. The second-order valence-electron chi connectivity index (χ2n) is 7.96. The normalized spacial score (nSPS) is 11.4. The molecule has 0 fully saturated rings. The van der Waals surface area contributed by atoms with E-state index < -0.39 is 0 Å². The Bertz CT molecular complexity index is 1720. The Balaban J connectivity index is 1.43. The fourth-order valence-corrected chi connectivity index (χ4v) is 4.78. The number of fused-ring (bicyclic) bond motifs is 2. The molecule has 6 heterocycles. The van der Waals surface area contributed by atoms with Crippen molar-refractivity contribution in [3.8, 4) is 33.0 Å². The molecule has 0 spiro atoms. The SMILES string of the molecule is CCC(=O)Nc1cncc(-c2cnc3[nH]nc(-c4cc5c(-c6ccc(F)s6)ccnc5[nH]4)c3c2)c1. The highest BCUT2D eigenvalue weighted by Crippen LogP contribution is 2.36. The van der Waals surface area contributed by atoms with Crippen LogP contribution in [-0.2, 0) is 4.79 Å². The number of H-pyrrole nitrogens is 2. The van der Waals surface area contributed by atoms with Gasteiger partial charge in [-0.25, -0.2) is 9.97 Å². The first kappa shape index (κ1) is 21.1. The lowest BCUT2D eigenvalue weighted by atomic mass is 10.1. The fourth-order valence-electron chi connectivity index (χ4n) is 4.01. The second kappa shape index (κ2) is 8.41. The van der Waals surface area contributed by atoms with Crippen molar-refractivity contribution in [3.05, 3.63) is 66.3 Å². The standard InChI is InChI=1S/C25H18FN7OS/c1-2-22(34)30-15-7-13(10-27-12-15)14-8-18-23(32-33-25(18)29-11-14)19-9-17-16(5-6-28-24(17)31-19)20-3-4-21(26)35-20/h3-12H,2H2,1H3,(H,28,31)(H,30,34)(H,29,32,33). The first-order valence-electron chi connectivity index (χ1n) is 10.9. The molecule has 0 unspecified atom stereocenters. The van der Waals surface area contributed by atoms with Crippen LogP contribution in [0, 0.1) is 5.13 Å². The molecule has 1 amide bonds. The van der Waals surface area contributed by atoms with Gasteiger partial charge in [0.25, 0.3) is 0 Å². The van der Waals surface area contributed by atoms with Gasteiger partial charge in [-0.3, -0.25) is 14.9 Å². The molecule has 3 N–H and O–H groups in total. The summed E-state index contributed by atoms with van der Waals surface area (Å²) in [7, 11) is 0. The molecular weight excluding hydrogens is 465 g/mol. The van der Waals surface area contributed by atoms with E-state index >= 15 is 0 Å². The van der Waals surface area contributed by atoms with E-state index in [2.05, 4.69) is 35.5 Å². The zero-order chi connectivity index (χ0) is 23.9. The van der Waals surface area contributed by atoms with Gasteiger partial charge in [0, 0.05) is 57.4 Å². The summed E-state index contributed by atoms with van der Waals surface area (Å²) >= 11 is 1.10. The van der Waals surface area contributed by atoms with Crippen LogP contribution in [0.5, 0.6) is 0 Å². The smallest absolute Gasteiger partial charge is 0.224 e. The zero-order valence-electron chi connectivity index (χ0n) is 18.5. The number of anilines is 1. The van der Waals surface area contributed by atoms with Gasteiger partial charge in [-0.15, -0.1) is 11.3 Å². The number of hydrogen-bond acceptors (Lipinski definition) is 6. The van der Waals surface area contributed by atoms with Crippen LogP contribution in [0.4, 0.5) is 10.1 Å². The first-order chi connectivity index (χ1) is 17.1. The van der Waals surface area contributed by atoms with Crippen molar-refractivity contribution in [2.75, 3.05) is 5.32 Å². The minimum Gasteiger partial charge on any atom is -0.338 e. The third-order valence-corrected chi connectivity index (χ3v) is 6.63. The molecule has 0 aromatic carbocycles. The summed E-state index contributed by atoms with van der Waals surface area (Å²) < 4.78 is 13.6. The van der Waals surface area contributed by atoms with Crippen molar-refractivity contribution in [3.63, 3.8) is 0 Å². The van der Waals surface area contributed by atoms with Gasteiger partial charge in [-0.05, 0) is 36.4 Å². The van der Waals surface area contributed by atoms with E-state index in [1.165, 1.54) is 6.07 Å². The molecule has 0 atom stereocenters. The number of amides is 1. The van der Waals surface area contributed by atoms with E-state index in [1.807, 2.05) is 24.3 Å². The van der Waals surface area contributed by atoms with Crippen molar-refractivity contribution < 1.29 is 9.18 Å². The van der Waals surface area contributed by atoms with Gasteiger partial charge >= 0.3 is 0 Å². The highest BCUT2D eigenvalue weighted by Gasteiger charge is 2.16. The van der Waals surface area contributed by atoms with E-state index in [-0.39, 0.29) is 11.0 Å². The molecule has 0 saturated heterocycles. The molecule has 0 saturated carbocycles. The number of hydrogen-bond donors (Lipinski definition) is 3. The summed E-state index contributed by atoms with van der Waals surface area (Å²) in [5.74, 6) is -0.0771. The molecule has 35 heavy (non-hydrogen) atoms. The van der Waals surface area contributed by atoms with E-state index in [4.69, 9.17) is 0 Å². The number of aromatic nitrogens is 6. The third kappa shape index (κ3) is 3.83. The number of nitrogens with zero attached hydrogens (tertiary/aromatic N) is 4. The Hall–Kier alpha value is -4.44. The van der Waals surface area contributed by atoms with Gasteiger partial charge < -0.3 is 10.3 Å². The van der Waals surface area contributed by atoms with Crippen LogP contribution >= 0.6 is 11.3 Å². The Morgan fingerprint density at radius 2 is 1.91 bits per heavy atom. The van der Waals surface area contributed by atoms with Gasteiger partial charge in [-0.1, -0.05) is 6.92 Å². The van der Waals surface area contributed by atoms with Crippen molar-refractivity contribution in [2.45, 2.75) is 13.3 Å². The van der Waals surface area contributed by atoms with Gasteiger partial charge in [0.1, 0.15) is 11.3 Å². The maximum atomic E-state index is 13.6. The molecule has 6 rings (SSSR count). The summed E-state index contributed by atoms with van der Waals surface area (Å²) in [4.78, 5) is 29.2. The number of carbonyl (C=O) groups is 1. The third-order valence-electron chi connectivity index (χ3n) is 5.72. The Labute approximate surface area is 202 Å². The predicted octanol–water partition coefficient (Wildman–Crippen LogP) is 5.78. The summed E-state index contributed by atoms with van der Waals surface area (Å²) in [6.45, 7) is 1.80. The number of carbonyl (C=O) groups excluding carboxylic acids is 1. The largest absolute Gasteiger partial charge is 0.338 e. The van der Waals surface area contributed by atoms with E-state index in [0.29, 0.717) is 29.1 Å². The summed E-state index contributed by atoms with van der Waals surface area (Å²) in [6.07, 6.45) is 7.17. The molecule has 0 bridgehead atoms. The Morgan fingerprint density at radius 3 is 2.74 bits per heavy atom. The molecule has 8 nitrogen and oxygen atoms in total. The summed E-state index contributed by atoms with van der Waals surface area (Å²) in [5, 5.41) is 11.8. The van der Waals surface area contributed by atoms with E-state index in [0.717, 1.165) is 49.4 Å². The van der Waals surface area contributed by atoms with E-state index in [9.17, 15) is 9.18 Å². The van der Waals surface area contributed by atoms with Crippen LogP contribution in [0.1, 0.15) is 13.3 Å². The van der Waals surface area contributed by atoms with Crippen LogP contribution in [-0.4, -0.2) is 36.0 Å². The molecule has 172 valence electrons. The van der Waals surface area contributed by atoms with Gasteiger partial charge in [0.2, 0.25) is 5.91 Å². The minimum absolute atomic E-state index is 0.0771. The van der Waals surface area contributed by atoms with Gasteiger partial charge in [-0.2, -0.15) is 9.49 Å². The van der Waals surface area contributed by atoms with Crippen molar-refractivity contribution in [1.82, 2.24) is 30.1 Å². The highest BCUT2D eigenvalue weighted by molar-refractivity contribution is 7.14. The molecule has 0 aliphatic rings. The molecule has 10 heteroatoms. The number of halogens is 1. The Kier molecular flexibility index (Phi) is 5.07. The van der Waals surface area contributed by atoms with Crippen LogP contribution in [0.3, 0.4) is 0 Å². The monoisotopic (exact) mass is 483 g/mol. The average molecular weight is 484 g/mol. The number of rotatable bonds is 5. The lowest BCUT2D eigenvalue weighted by molar-refractivity contribution is -0.115. The van der Waals surface area contributed by atoms with Crippen LogP contribution in [0.2, 0.25) is 0 Å². The van der Waals surface area contributed by atoms with Gasteiger partial charge in [0.15, 0.2) is 10.8 Å². The number of pyridine rings is 3. The first-order valence-corrected chi connectivity index (χ1v) is 11.7. The van der Waals surface area contributed by atoms with Gasteiger partial charge in [0.05, 0.1) is 17.6 Å². The summed E-state index contributed by atoms with van der Waals surface area (Å²) in [6, 6.07) is 10.9. The molecular formula is C25H18FN7OS. The highest BCUT2D eigenvalue weighted by atomic mass is 32.1. The maximum Gasteiger partial charge on any atom is 0.224 e. The molecule has 0 aliphatic carbocycles. The van der Waals surface area contributed by atoms with Crippen molar-refractivity contribution >= 4 is 45.0 Å². The number of thiophene rings is 1. The number of nitrogens with one attached hydrogen (secondary N) is 3. The lowest BCUT2D eigenvalue weighted by Crippen LogP contribution is -2.09. The van der Waals surface area contributed by atoms with Crippen LogP contribution in [0.25, 0.3) is 55.0 Å². The van der Waals surface area contributed by atoms with Crippen molar-refractivity contribution in [1.29, 1.82) is 0 Å². The maximum absolute atomic E-state index is 13.6. The number of aromatic amines is 2. The molecule has 6 aromatic rings. The topological polar surface area (TPSA) is 112 Å². The second-order valence-corrected chi connectivity index (χ2v) is 9.00. The lowest BCUT2D eigenvalue weighted by Gasteiger charge is -2.06. The van der Waals surface area contributed by atoms with Crippen molar-refractivity contribution in [2.24, 2.45) is 0 Å². The average Bonchev–Trinajstić information content (AvgIpc) is 3.61.